The van der Waals surface area contributed by atoms with Crippen LogP contribution in [0.4, 0.5) is 0 Å². The Labute approximate surface area is 110 Å². The normalized spacial score (nSPS) is 22.2. The van der Waals surface area contributed by atoms with Crippen molar-refractivity contribution in [2.24, 2.45) is 0 Å². The molecular formula is C12H26N2O3S. The van der Waals surface area contributed by atoms with Gasteiger partial charge in [-0.1, -0.05) is 13.8 Å². The maximum Gasteiger partial charge on any atom is 0.150 e. The molecule has 0 aromatic rings. The predicted molar refractivity (Wildman–Crippen MR) is 73.5 cm³/mol. The number of aliphatic hydroxyl groups is 1. The Hall–Kier alpha value is -0.170. The molecule has 0 radical (unpaired) electrons. The second kappa shape index (κ2) is 7.43. The van der Waals surface area contributed by atoms with Crippen molar-refractivity contribution in [2.45, 2.75) is 38.8 Å². The minimum Gasteiger partial charge on any atom is -0.390 e. The molecule has 1 atom stereocenters. The molecule has 0 aliphatic carbocycles. The molecule has 0 amide bonds. The van der Waals surface area contributed by atoms with Gasteiger partial charge in [-0.05, 0) is 25.9 Å². The fraction of sp³-hybridized carbons (Fsp3) is 1.00. The molecule has 1 saturated heterocycles. The Bertz CT molecular complexity index is 314. The number of nitrogens with zero attached hydrogens (tertiary/aromatic N) is 1. The SMILES string of the molecule is CCN(CC)CC(O)CNC1CCS(=O)(=O)CC1. The van der Waals surface area contributed by atoms with Gasteiger partial charge >= 0.3 is 0 Å². The van der Waals surface area contributed by atoms with E-state index >= 15 is 0 Å². The highest BCUT2D eigenvalue weighted by Crippen LogP contribution is 2.11. The van der Waals surface area contributed by atoms with Crippen LogP contribution in [0.15, 0.2) is 0 Å². The highest BCUT2D eigenvalue weighted by Gasteiger charge is 2.23. The van der Waals surface area contributed by atoms with E-state index < -0.39 is 9.84 Å². The van der Waals surface area contributed by atoms with E-state index in [-0.39, 0.29) is 23.7 Å². The van der Waals surface area contributed by atoms with Crippen LogP contribution in [0.25, 0.3) is 0 Å². The molecular weight excluding hydrogens is 252 g/mol. The van der Waals surface area contributed by atoms with Crippen molar-refractivity contribution in [2.75, 3.05) is 37.7 Å². The summed E-state index contributed by atoms with van der Waals surface area (Å²) in [4.78, 5) is 2.18. The molecule has 2 N–H and O–H groups in total. The third kappa shape index (κ3) is 5.65. The van der Waals surface area contributed by atoms with E-state index in [9.17, 15) is 13.5 Å². The van der Waals surface area contributed by atoms with E-state index in [0.29, 0.717) is 25.9 Å². The van der Waals surface area contributed by atoms with Gasteiger partial charge in [0, 0.05) is 19.1 Å². The summed E-state index contributed by atoms with van der Waals surface area (Å²) < 4.78 is 22.5. The first-order valence-corrected chi connectivity index (χ1v) is 8.63. The van der Waals surface area contributed by atoms with Gasteiger partial charge in [0.15, 0.2) is 0 Å². The zero-order chi connectivity index (χ0) is 13.6. The number of nitrogens with one attached hydrogen (secondary N) is 1. The molecule has 1 unspecified atom stereocenters. The third-order valence-corrected chi connectivity index (χ3v) is 5.28. The number of sulfone groups is 1. The Morgan fingerprint density at radius 3 is 2.33 bits per heavy atom. The van der Waals surface area contributed by atoms with Crippen LogP contribution < -0.4 is 5.32 Å². The molecule has 1 fully saturated rings. The molecule has 0 saturated carbocycles. The van der Waals surface area contributed by atoms with Crippen LogP contribution in [0.3, 0.4) is 0 Å². The largest absolute Gasteiger partial charge is 0.390 e. The number of rotatable bonds is 7. The summed E-state index contributed by atoms with van der Waals surface area (Å²) in [6.07, 6.45) is 0.948. The maximum atomic E-state index is 11.3. The second-order valence-corrected chi connectivity index (χ2v) is 7.28. The van der Waals surface area contributed by atoms with Gasteiger partial charge in [0.05, 0.1) is 17.6 Å². The van der Waals surface area contributed by atoms with E-state index in [4.69, 9.17) is 0 Å². The fourth-order valence-electron chi connectivity index (χ4n) is 2.24. The monoisotopic (exact) mass is 278 g/mol. The lowest BCUT2D eigenvalue weighted by Gasteiger charge is -2.26. The molecule has 1 aliphatic rings. The predicted octanol–water partition coefficient (Wildman–Crippen LogP) is -0.144. The van der Waals surface area contributed by atoms with E-state index in [2.05, 4.69) is 24.1 Å². The summed E-state index contributed by atoms with van der Waals surface area (Å²) in [6.45, 7) is 7.25. The molecule has 5 nitrogen and oxygen atoms in total. The summed E-state index contributed by atoms with van der Waals surface area (Å²) in [5.74, 6) is 0.549. The third-order valence-electron chi connectivity index (χ3n) is 3.56. The van der Waals surface area contributed by atoms with E-state index in [0.717, 1.165) is 13.1 Å². The van der Waals surface area contributed by atoms with E-state index in [1.165, 1.54) is 0 Å². The lowest BCUT2D eigenvalue weighted by atomic mass is 10.1. The van der Waals surface area contributed by atoms with E-state index in [1.807, 2.05) is 0 Å². The molecule has 6 heteroatoms. The van der Waals surface area contributed by atoms with Gasteiger partial charge in [-0.3, -0.25) is 0 Å². The number of hydrogen-bond acceptors (Lipinski definition) is 5. The minimum atomic E-state index is -2.79. The Morgan fingerprint density at radius 1 is 1.28 bits per heavy atom. The van der Waals surface area contributed by atoms with Gasteiger partial charge in [0.1, 0.15) is 9.84 Å². The van der Waals surface area contributed by atoms with Crippen molar-refractivity contribution < 1.29 is 13.5 Å². The van der Waals surface area contributed by atoms with Crippen molar-refractivity contribution in [1.82, 2.24) is 10.2 Å². The average Bonchev–Trinajstić information content (AvgIpc) is 2.34. The maximum absolute atomic E-state index is 11.3. The molecule has 0 aromatic heterocycles. The Morgan fingerprint density at radius 2 is 1.83 bits per heavy atom. The quantitative estimate of drug-likeness (QED) is 0.678. The molecule has 1 rings (SSSR count). The van der Waals surface area contributed by atoms with Crippen molar-refractivity contribution >= 4 is 9.84 Å². The standard InChI is InChI=1S/C12H26N2O3S/c1-3-14(4-2)10-12(15)9-13-11-5-7-18(16,17)8-6-11/h11-13,15H,3-10H2,1-2H3. The van der Waals surface area contributed by atoms with Crippen molar-refractivity contribution in [3.63, 3.8) is 0 Å². The van der Waals surface area contributed by atoms with Crippen LogP contribution in [0.1, 0.15) is 26.7 Å². The highest BCUT2D eigenvalue weighted by atomic mass is 32.2. The Kier molecular flexibility index (Phi) is 6.55. The molecule has 0 spiro atoms. The van der Waals surface area contributed by atoms with Gasteiger partial charge in [-0.2, -0.15) is 0 Å². The summed E-state index contributed by atoms with van der Waals surface area (Å²) in [5, 5.41) is 13.2. The molecule has 0 bridgehead atoms. The zero-order valence-electron chi connectivity index (χ0n) is 11.4. The second-order valence-electron chi connectivity index (χ2n) is 4.97. The summed E-state index contributed by atoms with van der Waals surface area (Å²) in [7, 11) is -2.79. The van der Waals surface area contributed by atoms with Gasteiger partial charge in [-0.25, -0.2) is 8.42 Å². The molecule has 1 heterocycles. The van der Waals surface area contributed by atoms with Crippen LogP contribution in [0.5, 0.6) is 0 Å². The fourth-order valence-corrected chi connectivity index (χ4v) is 3.73. The average molecular weight is 278 g/mol. The number of aliphatic hydroxyl groups excluding tert-OH is 1. The molecule has 1 aliphatic heterocycles. The molecule has 108 valence electrons. The first-order chi connectivity index (χ1) is 8.46. The van der Waals surface area contributed by atoms with Gasteiger partial charge in [0.25, 0.3) is 0 Å². The van der Waals surface area contributed by atoms with Gasteiger partial charge in [0.2, 0.25) is 0 Å². The minimum absolute atomic E-state index is 0.236. The van der Waals surface area contributed by atoms with Gasteiger partial charge < -0.3 is 15.3 Å². The highest BCUT2D eigenvalue weighted by molar-refractivity contribution is 7.91. The zero-order valence-corrected chi connectivity index (χ0v) is 12.2. The van der Waals surface area contributed by atoms with Crippen molar-refractivity contribution in [3.8, 4) is 0 Å². The first kappa shape index (κ1) is 15.9. The van der Waals surface area contributed by atoms with Crippen LogP contribution in [0.2, 0.25) is 0 Å². The van der Waals surface area contributed by atoms with Crippen LogP contribution in [0, 0.1) is 0 Å². The van der Waals surface area contributed by atoms with Crippen molar-refractivity contribution in [1.29, 1.82) is 0 Å². The van der Waals surface area contributed by atoms with Crippen LogP contribution in [-0.2, 0) is 9.84 Å². The lowest BCUT2D eigenvalue weighted by Crippen LogP contribution is -2.44. The van der Waals surface area contributed by atoms with Crippen LogP contribution >= 0.6 is 0 Å². The van der Waals surface area contributed by atoms with Crippen molar-refractivity contribution in [3.05, 3.63) is 0 Å². The topological polar surface area (TPSA) is 69.6 Å². The number of likely N-dealkylation sites (N-methyl/N-ethyl adjacent to an activating group) is 1. The Balaban J connectivity index is 2.21. The smallest absolute Gasteiger partial charge is 0.150 e. The molecule has 18 heavy (non-hydrogen) atoms. The molecule has 0 aromatic carbocycles. The van der Waals surface area contributed by atoms with E-state index in [1.54, 1.807) is 0 Å². The number of hydrogen-bond donors (Lipinski definition) is 2. The summed E-state index contributed by atoms with van der Waals surface area (Å²) in [5.41, 5.74) is 0. The van der Waals surface area contributed by atoms with Gasteiger partial charge in [-0.15, -0.1) is 0 Å². The lowest BCUT2D eigenvalue weighted by molar-refractivity contribution is 0.113. The van der Waals surface area contributed by atoms with Crippen LogP contribution in [-0.4, -0.2) is 68.3 Å². The summed E-state index contributed by atoms with van der Waals surface area (Å²) in [6, 6.07) is 0.236. The first-order valence-electron chi connectivity index (χ1n) is 6.81. The summed E-state index contributed by atoms with van der Waals surface area (Å²) >= 11 is 0.